The van der Waals surface area contributed by atoms with E-state index in [1.54, 1.807) is 0 Å². The van der Waals surface area contributed by atoms with Crippen LogP contribution in [0.5, 0.6) is 0 Å². The number of piperidine rings is 1. The van der Waals surface area contributed by atoms with E-state index >= 15 is 0 Å². The van der Waals surface area contributed by atoms with Crippen LogP contribution in [-0.2, 0) is 0 Å². The molecule has 0 radical (unpaired) electrons. The Hall–Kier alpha value is -1.03. The second kappa shape index (κ2) is 5.34. The number of hydrogen-bond acceptors (Lipinski definition) is 3. The van der Waals surface area contributed by atoms with E-state index in [1.807, 2.05) is 12.4 Å². The lowest BCUT2D eigenvalue weighted by Crippen LogP contribution is -2.31. The van der Waals surface area contributed by atoms with Gasteiger partial charge in [0.2, 0.25) is 5.95 Å². The minimum atomic E-state index is 0.470. The standard InChI is InChI=1S/C12H22N4/c1-10(2)16-8-7-14-12(16)15-9-11-3-5-13-6-4-11/h7-8,10-11,13H,3-6,9H2,1-2H3,(H,14,15). The van der Waals surface area contributed by atoms with Crippen LogP contribution in [0, 0.1) is 5.92 Å². The number of hydrogen-bond donors (Lipinski definition) is 2. The Labute approximate surface area is 97.4 Å². The van der Waals surface area contributed by atoms with Gasteiger partial charge in [-0.05, 0) is 45.7 Å². The minimum absolute atomic E-state index is 0.470. The lowest BCUT2D eigenvalue weighted by atomic mass is 9.98. The van der Waals surface area contributed by atoms with Crippen LogP contribution in [0.15, 0.2) is 12.4 Å². The van der Waals surface area contributed by atoms with Gasteiger partial charge < -0.3 is 15.2 Å². The molecule has 0 saturated carbocycles. The van der Waals surface area contributed by atoms with Crippen LogP contribution < -0.4 is 10.6 Å². The zero-order valence-electron chi connectivity index (χ0n) is 10.2. The molecule has 4 nitrogen and oxygen atoms in total. The Morgan fingerprint density at radius 3 is 2.94 bits per heavy atom. The van der Waals surface area contributed by atoms with Gasteiger partial charge >= 0.3 is 0 Å². The van der Waals surface area contributed by atoms with Crippen molar-refractivity contribution >= 4 is 5.95 Å². The molecular weight excluding hydrogens is 200 g/mol. The van der Waals surface area contributed by atoms with E-state index in [2.05, 4.69) is 34.0 Å². The summed E-state index contributed by atoms with van der Waals surface area (Å²) in [5.41, 5.74) is 0. The Morgan fingerprint density at radius 2 is 2.25 bits per heavy atom. The smallest absolute Gasteiger partial charge is 0.203 e. The third-order valence-corrected chi connectivity index (χ3v) is 3.23. The van der Waals surface area contributed by atoms with Gasteiger partial charge in [-0.1, -0.05) is 0 Å². The Morgan fingerprint density at radius 1 is 1.50 bits per heavy atom. The summed E-state index contributed by atoms with van der Waals surface area (Å²) in [4.78, 5) is 4.36. The number of anilines is 1. The first-order chi connectivity index (χ1) is 7.77. The van der Waals surface area contributed by atoms with Crippen molar-refractivity contribution in [1.82, 2.24) is 14.9 Å². The summed E-state index contributed by atoms with van der Waals surface area (Å²) in [6.45, 7) is 7.72. The number of rotatable bonds is 4. The Bertz CT molecular complexity index is 313. The maximum absolute atomic E-state index is 4.36. The molecule has 90 valence electrons. The highest BCUT2D eigenvalue weighted by atomic mass is 15.2. The molecule has 1 aromatic rings. The first-order valence-corrected chi connectivity index (χ1v) is 6.25. The fourth-order valence-corrected chi connectivity index (χ4v) is 2.19. The van der Waals surface area contributed by atoms with E-state index in [0.29, 0.717) is 6.04 Å². The third-order valence-electron chi connectivity index (χ3n) is 3.23. The van der Waals surface area contributed by atoms with Crippen molar-refractivity contribution in [2.45, 2.75) is 32.7 Å². The van der Waals surface area contributed by atoms with Crippen LogP contribution in [0.4, 0.5) is 5.95 Å². The van der Waals surface area contributed by atoms with Crippen molar-refractivity contribution in [3.05, 3.63) is 12.4 Å². The van der Waals surface area contributed by atoms with E-state index in [0.717, 1.165) is 31.5 Å². The van der Waals surface area contributed by atoms with Gasteiger partial charge in [0.1, 0.15) is 0 Å². The molecule has 1 saturated heterocycles. The maximum atomic E-state index is 4.36. The summed E-state index contributed by atoms with van der Waals surface area (Å²) in [5, 5.41) is 6.86. The lowest BCUT2D eigenvalue weighted by Gasteiger charge is -2.23. The molecule has 4 heteroatoms. The SMILES string of the molecule is CC(C)n1ccnc1NCC1CCNCC1. The zero-order chi connectivity index (χ0) is 11.4. The zero-order valence-corrected chi connectivity index (χ0v) is 10.2. The molecule has 0 spiro atoms. The molecular formula is C12H22N4. The number of nitrogens with one attached hydrogen (secondary N) is 2. The van der Waals surface area contributed by atoms with Crippen molar-refractivity contribution in [2.24, 2.45) is 5.92 Å². The Kier molecular flexibility index (Phi) is 3.83. The molecule has 0 aromatic carbocycles. The minimum Gasteiger partial charge on any atom is -0.355 e. The van der Waals surface area contributed by atoms with Gasteiger partial charge in [0, 0.05) is 25.0 Å². The van der Waals surface area contributed by atoms with Gasteiger partial charge in [0.25, 0.3) is 0 Å². The van der Waals surface area contributed by atoms with Gasteiger partial charge in [-0.15, -0.1) is 0 Å². The summed E-state index contributed by atoms with van der Waals surface area (Å²) in [7, 11) is 0. The lowest BCUT2D eigenvalue weighted by molar-refractivity contribution is 0.388. The number of imidazole rings is 1. The first-order valence-electron chi connectivity index (χ1n) is 6.25. The topological polar surface area (TPSA) is 41.9 Å². The predicted octanol–water partition coefficient (Wildman–Crippen LogP) is 1.88. The van der Waals surface area contributed by atoms with Crippen molar-refractivity contribution in [3.8, 4) is 0 Å². The highest BCUT2D eigenvalue weighted by molar-refractivity contribution is 5.26. The summed E-state index contributed by atoms with van der Waals surface area (Å²) < 4.78 is 2.18. The van der Waals surface area contributed by atoms with Gasteiger partial charge in [-0.25, -0.2) is 4.98 Å². The first kappa shape index (κ1) is 11.5. The van der Waals surface area contributed by atoms with Crippen LogP contribution in [0.25, 0.3) is 0 Å². The van der Waals surface area contributed by atoms with E-state index in [4.69, 9.17) is 0 Å². The van der Waals surface area contributed by atoms with Crippen molar-refractivity contribution in [3.63, 3.8) is 0 Å². The molecule has 0 aliphatic carbocycles. The third kappa shape index (κ3) is 2.76. The van der Waals surface area contributed by atoms with Crippen molar-refractivity contribution < 1.29 is 0 Å². The average molecular weight is 222 g/mol. The van der Waals surface area contributed by atoms with Gasteiger partial charge in [0.05, 0.1) is 0 Å². The van der Waals surface area contributed by atoms with E-state index in [-0.39, 0.29) is 0 Å². The van der Waals surface area contributed by atoms with Gasteiger partial charge in [-0.2, -0.15) is 0 Å². The molecule has 1 fully saturated rings. The molecule has 1 aliphatic rings. The van der Waals surface area contributed by atoms with Gasteiger partial charge in [0.15, 0.2) is 0 Å². The average Bonchev–Trinajstić information content (AvgIpc) is 2.76. The molecule has 0 bridgehead atoms. The highest BCUT2D eigenvalue weighted by Crippen LogP contribution is 2.15. The second-order valence-electron chi connectivity index (χ2n) is 4.83. The summed E-state index contributed by atoms with van der Waals surface area (Å²) in [6.07, 6.45) is 6.45. The predicted molar refractivity (Wildman–Crippen MR) is 66.7 cm³/mol. The van der Waals surface area contributed by atoms with E-state index in [9.17, 15) is 0 Å². The van der Waals surface area contributed by atoms with Gasteiger partial charge in [-0.3, -0.25) is 0 Å². The molecule has 0 unspecified atom stereocenters. The molecule has 1 aromatic heterocycles. The maximum Gasteiger partial charge on any atom is 0.203 e. The van der Waals surface area contributed by atoms with Crippen LogP contribution in [-0.4, -0.2) is 29.2 Å². The van der Waals surface area contributed by atoms with Crippen LogP contribution in [0.3, 0.4) is 0 Å². The second-order valence-corrected chi connectivity index (χ2v) is 4.83. The van der Waals surface area contributed by atoms with E-state index in [1.165, 1.54) is 12.8 Å². The summed E-state index contributed by atoms with van der Waals surface area (Å²) in [6, 6.07) is 0.470. The van der Waals surface area contributed by atoms with Crippen molar-refractivity contribution in [2.75, 3.05) is 25.0 Å². The highest BCUT2D eigenvalue weighted by Gasteiger charge is 2.13. The Balaban J connectivity index is 1.86. The molecule has 2 heterocycles. The van der Waals surface area contributed by atoms with E-state index < -0.39 is 0 Å². The van der Waals surface area contributed by atoms with Crippen LogP contribution in [0.2, 0.25) is 0 Å². The molecule has 16 heavy (non-hydrogen) atoms. The van der Waals surface area contributed by atoms with Crippen LogP contribution in [0.1, 0.15) is 32.7 Å². The summed E-state index contributed by atoms with van der Waals surface area (Å²) in [5.74, 6) is 1.80. The fraction of sp³-hybridized carbons (Fsp3) is 0.750. The molecule has 0 amide bonds. The van der Waals surface area contributed by atoms with Crippen molar-refractivity contribution in [1.29, 1.82) is 0 Å². The fourth-order valence-electron chi connectivity index (χ4n) is 2.19. The number of nitrogens with zero attached hydrogens (tertiary/aromatic N) is 2. The van der Waals surface area contributed by atoms with Crippen LogP contribution >= 0.6 is 0 Å². The molecule has 2 N–H and O–H groups in total. The summed E-state index contributed by atoms with van der Waals surface area (Å²) >= 11 is 0. The molecule has 0 atom stereocenters. The monoisotopic (exact) mass is 222 g/mol. The number of aromatic nitrogens is 2. The molecule has 1 aliphatic heterocycles. The quantitative estimate of drug-likeness (QED) is 0.817. The normalized spacial score (nSPS) is 17.9. The molecule has 2 rings (SSSR count). The largest absolute Gasteiger partial charge is 0.355 e.